The third kappa shape index (κ3) is 3.11. The summed E-state index contributed by atoms with van der Waals surface area (Å²) < 4.78 is 11.0. The van der Waals surface area contributed by atoms with E-state index in [4.69, 9.17) is 14.5 Å². The van der Waals surface area contributed by atoms with Crippen molar-refractivity contribution < 1.29 is 14.3 Å². The van der Waals surface area contributed by atoms with Crippen LogP contribution in [-0.2, 0) is 4.79 Å². The summed E-state index contributed by atoms with van der Waals surface area (Å²) in [5.41, 5.74) is 4.42. The Bertz CT molecular complexity index is 1010. The Morgan fingerprint density at radius 2 is 1.69 bits per heavy atom. The van der Waals surface area contributed by atoms with Crippen LogP contribution in [0.25, 0.3) is 0 Å². The maximum absolute atomic E-state index is 13.5. The molecule has 4 rings (SSSR count). The first-order chi connectivity index (χ1) is 13.9. The number of carbonyl (C=O) groups is 1. The zero-order chi connectivity index (χ0) is 20.8. The third-order valence-corrected chi connectivity index (χ3v) is 5.48. The molecule has 1 amide bonds. The summed E-state index contributed by atoms with van der Waals surface area (Å²) in [5, 5.41) is 0. The van der Waals surface area contributed by atoms with Crippen molar-refractivity contribution in [1.29, 1.82) is 0 Å². The van der Waals surface area contributed by atoms with Crippen LogP contribution < -0.4 is 14.4 Å². The lowest BCUT2D eigenvalue weighted by atomic mass is 9.81. The van der Waals surface area contributed by atoms with Crippen molar-refractivity contribution >= 4 is 17.3 Å². The van der Waals surface area contributed by atoms with Crippen LogP contribution in [0, 0.1) is 5.41 Å². The van der Waals surface area contributed by atoms with E-state index < -0.39 is 0 Å². The molecule has 5 heteroatoms. The molecular formula is C24H26N2O3. The summed E-state index contributed by atoms with van der Waals surface area (Å²) in [4.78, 5) is 20.1. The van der Waals surface area contributed by atoms with Gasteiger partial charge in [-0.15, -0.1) is 0 Å². The lowest BCUT2D eigenvalue weighted by Gasteiger charge is -2.32. The van der Waals surface area contributed by atoms with Gasteiger partial charge in [0.05, 0.1) is 26.8 Å². The van der Waals surface area contributed by atoms with Crippen molar-refractivity contribution in [2.45, 2.75) is 26.8 Å². The van der Waals surface area contributed by atoms with Gasteiger partial charge in [0.1, 0.15) is 11.5 Å². The van der Waals surface area contributed by atoms with Gasteiger partial charge in [0.15, 0.2) is 0 Å². The fourth-order valence-electron chi connectivity index (χ4n) is 4.18. The SMILES string of the molecule is COc1ccc(N2C(=O)C3=C(C(C(C)(C)C)=NC3)C2c2ccccc2OC)cc1. The number of nitrogens with zero attached hydrogens (tertiary/aromatic N) is 2. The number of benzene rings is 2. The molecule has 1 unspecified atom stereocenters. The number of hydrogen-bond acceptors (Lipinski definition) is 4. The van der Waals surface area contributed by atoms with Gasteiger partial charge in [0.2, 0.25) is 0 Å². The zero-order valence-corrected chi connectivity index (χ0v) is 17.5. The molecule has 0 aliphatic carbocycles. The van der Waals surface area contributed by atoms with Gasteiger partial charge in [0, 0.05) is 33.5 Å². The minimum atomic E-state index is -0.275. The molecule has 2 aromatic rings. The average Bonchev–Trinajstić information content (AvgIpc) is 3.27. The Morgan fingerprint density at radius 3 is 2.31 bits per heavy atom. The summed E-state index contributed by atoms with van der Waals surface area (Å²) in [7, 11) is 3.30. The van der Waals surface area contributed by atoms with Gasteiger partial charge in [-0.2, -0.15) is 0 Å². The summed E-state index contributed by atoms with van der Waals surface area (Å²) in [6.07, 6.45) is 0. The number of hydrogen-bond donors (Lipinski definition) is 0. The van der Waals surface area contributed by atoms with Gasteiger partial charge in [-0.3, -0.25) is 14.7 Å². The van der Waals surface area contributed by atoms with Crippen LogP contribution in [0.1, 0.15) is 32.4 Å². The van der Waals surface area contributed by atoms with Gasteiger partial charge in [-0.25, -0.2) is 0 Å². The topological polar surface area (TPSA) is 51.1 Å². The molecule has 0 N–H and O–H groups in total. The highest BCUT2D eigenvalue weighted by atomic mass is 16.5. The number of aliphatic imine (C=N–C) groups is 1. The second kappa shape index (κ2) is 7.07. The van der Waals surface area contributed by atoms with E-state index in [-0.39, 0.29) is 17.4 Å². The Morgan fingerprint density at radius 1 is 1.00 bits per heavy atom. The highest BCUT2D eigenvalue weighted by Gasteiger charge is 2.47. The Kier molecular flexibility index (Phi) is 4.69. The summed E-state index contributed by atoms with van der Waals surface area (Å²) in [6, 6.07) is 15.2. The molecule has 150 valence electrons. The number of ether oxygens (including phenoxy) is 2. The first kappa shape index (κ1) is 19.2. The van der Waals surface area contributed by atoms with Crippen molar-refractivity contribution in [3.05, 3.63) is 65.2 Å². The maximum atomic E-state index is 13.5. The highest BCUT2D eigenvalue weighted by Crippen LogP contribution is 2.48. The van der Waals surface area contributed by atoms with Gasteiger partial charge >= 0.3 is 0 Å². The van der Waals surface area contributed by atoms with Gasteiger partial charge in [-0.05, 0) is 30.3 Å². The second-order valence-electron chi connectivity index (χ2n) is 8.32. The highest BCUT2D eigenvalue weighted by molar-refractivity contribution is 6.22. The van der Waals surface area contributed by atoms with E-state index in [0.29, 0.717) is 6.54 Å². The van der Waals surface area contributed by atoms with E-state index in [9.17, 15) is 4.79 Å². The van der Waals surface area contributed by atoms with E-state index in [2.05, 4.69) is 20.8 Å². The minimum Gasteiger partial charge on any atom is -0.497 e. The largest absolute Gasteiger partial charge is 0.497 e. The van der Waals surface area contributed by atoms with E-state index >= 15 is 0 Å². The quantitative estimate of drug-likeness (QED) is 0.767. The average molecular weight is 390 g/mol. The van der Waals surface area contributed by atoms with Gasteiger partial charge < -0.3 is 9.47 Å². The summed E-state index contributed by atoms with van der Waals surface area (Å²) in [5.74, 6) is 1.52. The standard InChI is InChI=1S/C24H26N2O3/c1-24(2,3)22-20-18(14-25-22)23(27)26(15-10-12-16(28-4)13-11-15)21(20)17-8-6-7-9-19(17)29-5/h6-13,21H,14H2,1-5H3. The number of methoxy groups -OCH3 is 2. The van der Waals surface area contributed by atoms with Crippen LogP contribution in [-0.4, -0.2) is 32.4 Å². The number of rotatable bonds is 4. The smallest absolute Gasteiger partial charge is 0.257 e. The summed E-state index contributed by atoms with van der Waals surface area (Å²) in [6.45, 7) is 6.85. The molecule has 2 aliphatic heterocycles. The Hall–Kier alpha value is -3.08. The van der Waals surface area contributed by atoms with Gasteiger partial charge in [-0.1, -0.05) is 39.0 Å². The summed E-state index contributed by atoms with van der Waals surface area (Å²) >= 11 is 0. The lowest BCUT2D eigenvalue weighted by Crippen LogP contribution is -2.34. The number of carbonyl (C=O) groups excluding carboxylic acids is 1. The molecule has 0 spiro atoms. The van der Waals surface area contributed by atoms with Crippen molar-refractivity contribution in [3.63, 3.8) is 0 Å². The minimum absolute atomic E-state index is 0.00377. The molecule has 0 saturated heterocycles. The molecule has 0 fully saturated rings. The predicted molar refractivity (Wildman–Crippen MR) is 115 cm³/mol. The van der Waals surface area contributed by atoms with Crippen LogP contribution in [0.4, 0.5) is 5.69 Å². The Balaban J connectivity index is 1.90. The third-order valence-electron chi connectivity index (χ3n) is 5.48. The van der Waals surface area contributed by atoms with Crippen molar-refractivity contribution in [1.82, 2.24) is 0 Å². The number of anilines is 1. The second-order valence-corrected chi connectivity index (χ2v) is 8.32. The first-order valence-electron chi connectivity index (χ1n) is 9.75. The molecule has 0 radical (unpaired) electrons. The van der Waals surface area contributed by atoms with E-state index in [1.807, 2.05) is 53.4 Å². The molecule has 0 bridgehead atoms. The van der Waals surface area contributed by atoms with Crippen LogP contribution in [0.15, 0.2) is 64.7 Å². The molecule has 2 aromatic carbocycles. The fraction of sp³-hybridized carbons (Fsp3) is 0.333. The van der Waals surface area contributed by atoms with Crippen LogP contribution in [0.2, 0.25) is 0 Å². The predicted octanol–water partition coefficient (Wildman–Crippen LogP) is 4.59. The molecular weight excluding hydrogens is 364 g/mol. The first-order valence-corrected chi connectivity index (χ1v) is 9.75. The molecule has 0 saturated carbocycles. The maximum Gasteiger partial charge on any atom is 0.257 e. The normalized spacial score (nSPS) is 18.8. The zero-order valence-electron chi connectivity index (χ0n) is 17.5. The fourth-order valence-corrected chi connectivity index (χ4v) is 4.18. The van der Waals surface area contributed by atoms with Crippen LogP contribution in [0.5, 0.6) is 11.5 Å². The van der Waals surface area contributed by atoms with E-state index in [1.165, 1.54) is 0 Å². The van der Waals surface area contributed by atoms with Crippen LogP contribution in [0.3, 0.4) is 0 Å². The molecule has 1 atom stereocenters. The Labute approximate surface area is 171 Å². The van der Waals surface area contributed by atoms with Gasteiger partial charge in [0.25, 0.3) is 5.91 Å². The van der Waals surface area contributed by atoms with Crippen LogP contribution >= 0.6 is 0 Å². The molecule has 29 heavy (non-hydrogen) atoms. The van der Waals surface area contributed by atoms with Crippen molar-refractivity contribution in [3.8, 4) is 11.5 Å². The molecule has 0 aromatic heterocycles. The number of amides is 1. The van der Waals surface area contributed by atoms with Crippen molar-refractivity contribution in [2.24, 2.45) is 10.4 Å². The number of para-hydroxylation sites is 1. The molecule has 2 aliphatic rings. The lowest BCUT2D eigenvalue weighted by molar-refractivity contribution is -0.114. The molecule has 2 heterocycles. The molecule has 5 nitrogen and oxygen atoms in total. The van der Waals surface area contributed by atoms with E-state index in [1.54, 1.807) is 14.2 Å². The monoisotopic (exact) mass is 390 g/mol. The van der Waals surface area contributed by atoms with E-state index in [0.717, 1.165) is 39.6 Å². The van der Waals surface area contributed by atoms with Crippen molar-refractivity contribution in [2.75, 3.05) is 25.7 Å².